The predicted octanol–water partition coefficient (Wildman–Crippen LogP) is -5.55. The third-order valence-corrected chi connectivity index (χ3v) is 0.289. The number of carboxylic acids is 1. The Morgan fingerprint density at radius 3 is 1.33 bits per heavy atom. The summed E-state index contributed by atoms with van der Waals surface area (Å²) in [7, 11) is -6.00. The van der Waals surface area contributed by atoms with Gasteiger partial charge in [-0.15, -0.1) is 0 Å². The fourth-order valence-electron chi connectivity index (χ4n) is 0. The van der Waals surface area contributed by atoms with Crippen molar-refractivity contribution in [3.8, 4) is 0 Å². The molecule has 0 saturated carbocycles. The van der Waals surface area contributed by atoms with Crippen LogP contribution in [-0.4, -0.2) is 13.2 Å². The van der Waals surface area contributed by atoms with E-state index in [2.05, 4.69) is 0 Å². The van der Waals surface area contributed by atoms with Crippen LogP contribution in [0.5, 0.6) is 0 Å². The monoisotopic (exact) mass is 206 g/mol. The van der Waals surface area contributed by atoms with Crippen molar-refractivity contribution < 1.29 is 86.3 Å². The van der Waals surface area contributed by atoms with E-state index in [4.69, 9.17) is 0 Å². The summed E-state index contributed by atoms with van der Waals surface area (Å²) in [5.74, 6) is -0.995. The molecule has 9 heteroatoms. The largest absolute Gasteiger partial charge is 1.00 e. The van der Waals surface area contributed by atoms with Crippen LogP contribution in [0, 0.1) is 0 Å². The third kappa shape index (κ3) is 112. The molecule has 0 saturated heterocycles. The summed E-state index contributed by atoms with van der Waals surface area (Å²) in [4.78, 5) is 9.26. The molecule has 0 N–H and O–H groups in total. The minimum Gasteiger partial charge on any atom is -0.550 e. The van der Waals surface area contributed by atoms with E-state index in [1.807, 2.05) is 0 Å². The first-order valence-corrected chi connectivity index (χ1v) is 2.34. The van der Waals surface area contributed by atoms with Crippen LogP contribution in [0.25, 0.3) is 0 Å². The van der Waals surface area contributed by atoms with Crippen LogP contribution in [-0.2, 0) is 4.79 Å². The zero-order valence-electron chi connectivity index (χ0n) is 7.11. The second-order valence-electron chi connectivity index (χ2n) is 1.22. The van der Waals surface area contributed by atoms with Crippen molar-refractivity contribution >= 4 is 13.2 Å². The molecule has 0 atom stereocenters. The van der Waals surface area contributed by atoms with Gasteiger partial charge in [-0.05, 0) is 6.42 Å². The molecular weight excluding hydrogens is 201 g/mol. The first-order valence-electron chi connectivity index (χ1n) is 2.34. The van der Waals surface area contributed by atoms with E-state index < -0.39 is 13.2 Å². The van der Waals surface area contributed by atoms with Gasteiger partial charge in [-0.25, -0.2) is 0 Å². The predicted molar refractivity (Wildman–Crippen MR) is 25.5 cm³/mol. The maximum Gasteiger partial charge on any atom is 1.00 e. The van der Waals surface area contributed by atoms with Gasteiger partial charge in [-0.2, -0.15) is 0 Å². The molecule has 0 aliphatic rings. The maximum atomic E-state index is 9.75. The molecule has 0 aliphatic heterocycles. The van der Waals surface area contributed by atoms with Crippen LogP contribution < -0.4 is 64.2 Å². The molecule has 0 aromatic heterocycles. The molecular formula is C3H5BF4Na2O2. The Bertz CT molecular complexity index is 103. The summed E-state index contributed by atoms with van der Waals surface area (Å²) in [6, 6.07) is 0. The number of aliphatic carboxylic acids is 1. The molecule has 0 aromatic rings. The van der Waals surface area contributed by atoms with E-state index in [9.17, 15) is 27.2 Å². The standard InChI is InChI=1S/C3H6O2.BF4.2Na/c1-2-3(4)5;2-1(3,4)5;;/h2H2,1H3,(H,4,5);;;/q;-1;2*+1/p-1. The average Bonchev–Trinajstić information content (AvgIpc) is 1.61. The van der Waals surface area contributed by atoms with Gasteiger partial charge in [0.2, 0.25) is 0 Å². The quantitative estimate of drug-likeness (QED) is 0.317. The Balaban J connectivity index is -0.0000000457. The van der Waals surface area contributed by atoms with Crippen molar-refractivity contribution in [3.63, 3.8) is 0 Å². The van der Waals surface area contributed by atoms with E-state index in [0.717, 1.165) is 0 Å². The number of rotatable bonds is 1. The zero-order chi connectivity index (χ0) is 8.78. The molecule has 0 aromatic carbocycles. The molecule has 0 bridgehead atoms. The molecule has 0 spiro atoms. The number of carboxylic acid groups (broad SMARTS) is 1. The number of carbonyl (C=O) groups excluding carboxylic acids is 1. The summed E-state index contributed by atoms with van der Waals surface area (Å²) in [5, 5.41) is 9.26. The fraction of sp³-hybridized carbons (Fsp3) is 0.667. The fourth-order valence-corrected chi connectivity index (χ4v) is 0. The topological polar surface area (TPSA) is 40.1 Å². The number of carbonyl (C=O) groups is 1. The Morgan fingerprint density at radius 2 is 1.33 bits per heavy atom. The third-order valence-electron chi connectivity index (χ3n) is 0.289. The van der Waals surface area contributed by atoms with Gasteiger partial charge in [-0.3, -0.25) is 0 Å². The van der Waals surface area contributed by atoms with Gasteiger partial charge in [0.05, 0.1) is 0 Å². The molecule has 0 radical (unpaired) electrons. The normalized spacial score (nSPS) is 8.08. The zero-order valence-corrected chi connectivity index (χ0v) is 11.1. The number of halogens is 4. The summed E-state index contributed by atoms with van der Waals surface area (Å²) >= 11 is 0. The van der Waals surface area contributed by atoms with E-state index in [1.165, 1.54) is 6.92 Å². The molecule has 62 valence electrons. The summed E-state index contributed by atoms with van der Waals surface area (Å²) < 4.78 is 39.0. The van der Waals surface area contributed by atoms with E-state index in [-0.39, 0.29) is 65.5 Å². The first kappa shape index (κ1) is 23.2. The van der Waals surface area contributed by atoms with Crippen molar-refractivity contribution in [2.75, 3.05) is 0 Å². The molecule has 0 fully saturated rings. The molecule has 0 unspecified atom stereocenters. The van der Waals surface area contributed by atoms with Gasteiger partial charge in [0.1, 0.15) is 0 Å². The van der Waals surface area contributed by atoms with E-state index in [1.54, 1.807) is 0 Å². The average molecular weight is 206 g/mol. The summed E-state index contributed by atoms with van der Waals surface area (Å²) in [6.45, 7) is 1.54. The summed E-state index contributed by atoms with van der Waals surface area (Å²) in [6.07, 6.45) is 0.111. The second-order valence-corrected chi connectivity index (χ2v) is 1.22. The van der Waals surface area contributed by atoms with Crippen LogP contribution in [0.2, 0.25) is 0 Å². The first-order chi connectivity index (χ1) is 4.27. The summed E-state index contributed by atoms with van der Waals surface area (Å²) in [5.41, 5.74) is 0. The second kappa shape index (κ2) is 12.3. The van der Waals surface area contributed by atoms with E-state index in [0.29, 0.717) is 0 Å². The Labute approximate surface area is 112 Å². The molecule has 0 amide bonds. The minimum atomic E-state index is -6.00. The van der Waals surface area contributed by atoms with Crippen molar-refractivity contribution in [2.45, 2.75) is 13.3 Å². The number of hydrogen-bond acceptors (Lipinski definition) is 2. The van der Waals surface area contributed by atoms with Crippen LogP contribution in [0.3, 0.4) is 0 Å². The van der Waals surface area contributed by atoms with Crippen molar-refractivity contribution in [2.24, 2.45) is 0 Å². The van der Waals surface area contributed by atoms with Gasteiger partial charge >= 0.3 is 66.4 Å². The van der Waals surface area contributed by atoms with Gasteiger partial charge in [0.25, 0.3) is 0 Å². The van der Waals surface area contributed by atoms with Gasteiger partial charge in [0.15, 0.2) is 0 Å². The van der Waals surface area contributed by atoms with Crippen LogP contribution in [0.1, 0.15) is 13.3 Å². The Morgan fingerprint density at radius 1 is 1.25 bits per heavy atom. The van der Waals surface area contributed by atoms with Crippen molar-refractivity contribution in [1.82, 2.24) is 0 Å². The van der Waals surface area contributed by atoms with Crippen molar-refractivity contribution in [1.29, 1.82) is 0 Å². The smallest absolute Gasteiger partial charge is 0.550 e. The number of hydrogen-bond donors (Lipinski definition) is 0. The Hall–Kier alpha value is 1.25. The Kier molecular flexibility index (Phi) is 23.7. The van der Waals surface area contributed by atoms with Crippen LogP contribution >= 0.6 is 0 Å². The van der Waals surface area contributed by atoms with Gasteiger partial charge in [0, 0.05) is 5.97 Å². The minimum absolute atomic E-state index is 0. The maximum absolute atomic E-state index is 9.75. The molecule has 12 heavy (non-hydrogen) atoms. The van der Waals surface area contributed by atoms with Crippen molar-refractivity contribution in [3.05, 3.63) is 0 Å². The molecule has 0 heterocycles. The SMILES string of the molecule is CCC(=O)[O-].F[B-](F)(F)F.[Na+].[Na+]. The van der Waals surface area contributed by atoms with Crippen LogP contribution in [0.15, 0.2) is 0 Å². The van der Waals surface area contributed by atoms with E-state index >= 15 is 0 Å². The molecule has 0 rings (SSSR count). The molecule has 2 nitrogen and oxygen atoms in total. The van der Waals surface area contributed by atoms with Gasteiger partial charge in [-0.1, -0.05) is 6.92 Å². The molecule has 0 aliphatic carbocycles. The van der Waals surface area contributed by atoms with Crippen LogP contribution in [0.4, 0.5) is 17.3 Å². The van der Waals surface area contributed by atoms with Gasteiger partial charge < -0.3 is 27.2 Å².